The van der Waals surface area contributed by atoms with Gasteiger partial charge in [0, 0.05) is 6.20 Å². The zero-order valence-electron chi connectivity index (χ0n) is 11.5. The molecule has 1 aliphatic carbocycles. The minimum atomic E-state index is -0.767. The molecule has 0 spiro atoms. The Morgan fingerprint density at radius 3 is 2.79 bits per heavy atom. The number of carbonyl (C=O) groups is 1. The van der Waals surface area contributed by atoms with E-state index in [4.69, 9.17) is 4.74 Å². The first kappa shape index (κ1) is 13.7. The number of carbonyl (C=O) groups excluding carboxylic acids is 1. The van der Waals surface area contributed by atoms with Crippen molar-refractivity contribution in [3.63, 3.8) is 0 Å². The van der Waals surface area contributed by atoms with Crippen molar-refractivity contribution in [2.45, 2.75) is 33.3 Å². The summed E-state index contributed by atoms with van der Waals surface area (Å²) in [6.45, 7) is 5.92. The first-order chi connectivity index (χ1) is 9.04. The molecule has 2 atom stereocenters. The van der Waals surface area contributed by atoms with Crippen molar-refractivity contribution in [3.05, 3.63) is 35.2 Å². The van der Waals surface area contributed by atoms with Gasteiger partial charge in [-0.25, -0.2) is 0 Å². The van der Waals surface area contributed by atoms with Crippen LogP contribution in [0.4, 0.5) is 0 Å². The number of rotatable bonds is 3. The molecule has 102 valence electrons. The number of pyridine rings is 1. The van der Waals surface area contributed by atoms with Crippen molar-refractivity contribution in [1.29, 1.82) is 0 Å². The van der Waals surface area contributed by atoms with Crippen molar-refractivity contribution >= 4 is 11.5 Å². The molecule has 4 nitrogen and oxygen atoms in total. The third-order valence-electron chi connectivity index (χ3n) is 3.53. The number of hydrogen-bond acceptors (Lipinski definition) is 4. The lowest BCUT2D eigenvalue weighted by atomic mass is 10.0. The second-order valence-electron chi connectivity index (χ2n) is 4.89. The third-order valence-corrected chi connectivity index (χ3v) is 3.53. The largest absolute Gasteiger partial charge is 0.466 e. The maximum Gasteiger partial charge on any atom is 0.312 e. The molecule has 0 saturated carbocycles. The maximum atomic E-state index is 11.8. The van der Waals surface area contributed by atoms with E-state index in [0.717, 1.165) is 22.4 Å². The average Bonchev–Trinajstić information content (AvgIpc) is 2.68. The van der Waals surface area contributed by atoms with Crippen LogP contribution in [0.5, 0.6) is 0 Å². The van der Waals surface area contributed by atoms with E-state index in [-0.39, 0.29) is 5.97 Å². The van der Waals surface area contributed by atoms with Crippen LogP contribution in [0.25, 0.3) is 5.57 Å². The Labute approximate surface area is 113 Å². The van der Waals surface area contributed by atoms with Gasteiger partial charge in [0.25, 0.3) is 0 Å². The SMILES string of the molecule is CCOC(=O)[C@@H]1CC(c2ccc(C)cn2)=C(C)[C@@H]1O. The lowest BCUT2D eigenvalue weighted by Gasteiger charge is -2.14. The molecular weight excluding hydrogens is 242 g/mol. The molecule has 0 aliphatic heterocycles. The summed E-state index contributed by atoms with van der Waals surface area (Å²) in [5.74, 6) is -0.838. The molecule has 0 bridgehead atoms. The highest BCUT2D eigenvalue weighted by molar-refractivity contribution is 5.82. The van der Waals surface area contributed by atoms with Gasteiger partial charge in [0.1, 0.15) is 0 Å². The lowest BCUT2D eigenvalue weighted by molar-refractivity contribution is -0.150. The summed E-state index contributed by atoms with van der Waals surface area (Å²) in [6, 6.07) is 3.90. The predicted molar refractivity (Wildman–Crippen MR) is 72.3 cm³/mol. The van der Waals surface area contributed by atoms with Gasteiger partial charge >= 0.3 is 5.97 Å². The van der Waals surface area contributed by atoms with E-state index in [9.17, 15) is 9.90 Å². The molecule has 0 saturated heterocycles. The Balaban J connectivity index is 2.23. The Morgan fingerprint density at radius 1 is 1.47 bits per heavy atom. The van der Waals surface area contributed by atoms with Crippen molar-refractivity contribution in [1.82, 2.24) is 4.98 Å². The molecule has 0 amide bonds. The topological polar surface area (TPSA) is 59.4 Å². The first-order valence-corrected chi connectivity index (χ1v) is 6.52. The maximum absolute atomic E-state index is 11.8. The van der Waals surface area contributed by atoms with Crippen LogP contribution >= 0.6 is 0 Å². The summed E-state index contributed by atoms with van der Waals surface area (Å²) < 4.78 is 5.00. The van der Waals surface area contributed by atoms with E-state index in [0.29, 0.717) is 13.0 Å². The van der Waals surface area contributed by atoms with Crippen molar-refractivity contribution in [2.24, 2.45) is 5.92 Å². The molecule has 0 unspecified atom stereocenters. The van der Waals surface area contributed by atoms with Crippen LogP contribution in [0.3, 0.4) is 0 Å². The minimum Gasteiger partial charge on any atom is -0.466 e. The average molecular weight is 261 g/mol. The highest BCUT2D eigenvalue weighted by Crippen LogP contribution is 2.37. The third kappa shape index (κ3) is 2.68. The number of allylic oxidation sites excluding steroid dienone is 1. The highest BCUT2D eigenvalue weighted by Gasteiger charge is 2.37. The molecule has 1 heterocycles. The van der Waals surface area contributed by atoms with E-state index in [1.807, 2.05) is 26.0 Å². The van der Waals surface area contributed by atoms with Crippen molar-refractivity contribution < 1.29 is 14.6 Å². The molecule has 2 rings (SSSR count). The fourth-order valence-electron chi connectivity index (χ4n) is 2.39. The Kier molecular flexibility index (Phi) is 4.00. The zero-order valence-corrected chi connectivity index (χ0v) is 11.5. The van der Waals surface area contributed by atoms with Gasteiger partial charge in [-0.3, -0.25) is 9.78 Å². The number of ether oxygens (including phenoxy) is 1. The molecule has 1 aliphatic rings. The monoisotopic (exact) mass is 261 g/mol. The predicted octanol–water partition coefficient (Wildman–Crippen LogP) is 2.11. The fourth-order valence-corrected chi connectivity index (χ4v) is 2.39. The van der Waals surface area contributed by atoms with Crippen LogP contribution in [0, 0.1) is 12.8 Å². The summed E-state index contributed by atoms with van der Waals surface area (Å²) in [5, 5.41) is 10.2. The Hall–Kier alpha value is -1.68. The van der Waals surface area contributed by atoms with Crippen LogP contribution in [0.15, 0.2) is 23.9 Å². The number of esters is 1. The smallest absolute Gasteiger partial charge is 0.312 e. The van der Waals surface area contributed by atoms with Crippen LogP contribution in [-0.2, 0) is 9.53 Å². The summed E-state index contributed by atoms with van der Waals surface area (Å²) in [6.07, 6.45) is 1.51. The fraction of sp³-hybridized carbons (Fsp3) is 0.467. The number of aliphatic hydroxyl groups excluding tert-OH is 1. The van der Waals surface area contributed by atoms with Crippen LogP contribution in [-0.4, -0.2) is 28.8 Å². The van der Waals surface area contributed by atoms with Gasteiger partial charge in [-0.05, 0) is 50.0 Å². The first-order valence-electron chi connectivity index (χ1n) is 6.52. The molecule has 1 aromatic rings. The number of aryl methyl sites for hydroxylation is 1. The standard InChI is InChI=1S/C15H19NO3/c1-4-19-15(18)12-7-11(10(3)14(12)17)13-6-5-9(2)8-16-13/h5-6,8,12,14,17H,4,7H2,1-3H3/t12-,14+/m1/s1. The molecular formula is C15H19NO3. The van der Waals surface area contributed by atoms with E-state index >= 15 is 0 Å². The molecule has 1 N–H and O–H groups in total. The van der Waals surface area contributed by atoms with Gasteiger partial charge in [-0.15, -0.1) is 0 Å². The summed E-state index contributed by atoms with van der Waals surface area (Å²) in [5.41, 5.74) is 3.68. The normalized spacial score (nSPS) is 22.7. The Bertz CT molecular complexity index is 505. The van der Waals surface area contributed by atoms with Gasteiger partial charge in [-0.1, -0.05) is 6.07 Å². The molecule has 19 heavy (non-hydrogen) atoms. The Morgan fingerprint density at radius 2 is 2.21 bits per heavy atom. The van der Waals surface area contributed by atoms with Crippen LogP contribution < -0.4 is 0 Å². The number of nitrogens with zero attached hydrogens (tertiary/aromatic N) is 1. The zero-order chi connectivity index (χ0) is 14.0. The van der Waals surface area contributed by atoms with Crippen LogP contribution in [0.1, 0.15) is 31.5 Å². The van der Waals surface area contributed by atoms with Gasteiger partial charge in [-0.2, -0.15) is 0 Å². The second kappa shape index (κ2) is 5.53. The number of hydrogen-bond donors (Lipinski definition) is 1. The van der Waals surface area contributed by atoms with Gasteiger partial charge < -0.3 is 9.84 Å². The molecule has 1 aromatic heterocycles. The van der Waals surface area contributed by atoms with E-state index < -0.39 is 12.0 Å². The van der Waals surface area contributed by atoms with Crippen molar-refractivity contribution in [3.8, 4) is 0 Å². The summed E-state index contributed by atoms with van der Waals surface area (Å²) >= 11 is 0. The van der Waals surface area contributed by atoms with Gasteiger partial charge in [0.2, 0.25) is 0 Å². The van der Waals surface area contributed by atoms with E-state index in [2.05, 4.69) is 4.98 Å². The quantitative estimate of drug-likeness (QED) is 0.847. The van der Waals surface area contributed by atoms with Crippen molar-refractivity contribution in [2.75, 3.05) is 6.61 Å². The van der Waals surface area contributed by atoms with Gasteiger partial charge in [0.05, 0.1) is 24.3 Å². The molecule has 0 radical (unpaired) electrons. The molecule has 0 aromatic carbocycles. The van der Waals surface area contributed by atoms with E-state index in [1.54, 1.807) is 13.1 Å². The summed E-state index contributed by atoms with van der Waals surface area (Å²) in [4.78, 5) is 16.2. The van der Waals surface area contributed by atoms with E-state index in [1.165, 1.54) is 0 Å². The number of aliphatic hydroxyl groups is 1. The van der Waals surface area contributed by atoms with Crippen LogP contribution in [0.2, 0.25) is 0 Å². The minimum absolute atomic E-state index is 0.333. The number of aromatic nitrogens is 1. The van der Waals surface area contributed by atoms with Gasteiger partial charge in [0.15, 0.2) is 0 Å². The second-order valence-corrected chi connectivity index (χ2v) is 4.89. The highest BCUT2D eigenvalue weighted by atomic mass is 16.5. The summed E-state index contributed by atoms with van der Waals surface area (Å²) in [7, 11) is 0. The molecule has 0 fully saturated rings. The molecule has 4 heteroatoms. The lowest BCUT2D eigenvalue weighted by Crippen LogP contribution is -2.26.